The van der Waals surface area contributed by atoms with Crippen molar-refractivity contribution in [2.75, 3.05) is 19.9 Å². The van der Waals surface area contributed by atoms with Gasteiger partial charge in [-0.25, -0.2) is 0 Å². The number of ether oxygens (including phenoxy) is 3. The largest absolute Gasteiger partial charge is 0.463 e. The first-order chi connectivity index (χ1) is 14.0. The van der Waals surface area contributed by atoms with Crippen LogP contribution in [-0.2, 0) is 22.6 Å². The van der Waals surface area contributed by atoms with Gasteiger partial charge in [0, 0.05) is 26.1 Å². The first-order valence-corrected chi connectivity index (χ1v) is 10.0. The number of nitrogens with zero attached hydrogens (tertiary/aromatic N) is 1. The number of rotatable bonds is 10. The monoisotopic (exact) mass is 399 g/mol. The van der Waals surface area contributed by atoms with Crippen molar-refractivity contribution < 1.29 is 24.1 Å². The molecule has 2 aromatic rings. The van der Waals surface area contributed by atoms with Crippen LogP contribution in [0.25, 0.3) is 0 Å². The van der Waals surface area contributed by atoms with Crippen LogP contribution in [0.1, 0.15) is 36.5 Å². The van der Waals surface area contributed by atoms with E-state index in [2.05, 4.69) is 24.0 Å². The molecule has 0 spiro atoms. The molecule has 6 nitrogen and oxygen atoms in total. The Kier molecular flexibility index (Phi) is 7.49. The maximum atomic E-state index is 11.6. The van der Waals surface area contributed by atoms with Crippen LogP contribution in [0.5, 0.6) is 11.5 Å². The molecule has 0 aromatic heterocycles. The molecule has 1 aliphatic rings. The van der Waals surface area contributed by atoms with Gasteiger partial charge < -0.3 is 19.3 Å². The zero-order valence-electron chi connectivity index (χ0n) is 17.1. The number of hydrogen-bond acceptors (Lipinski definition) is 6. The van der Waals surface area contributed by atoms with Crippen molar-refractivity contribution in [1.82, 2.24) is 4.90 Å². The molecule has 0 amide bonds. The summed E-state index contributed by atoms with van der Waals surface area (Å²) in [5.41, 5.74) is 3.47. The maximum absolute atomic E-state index is 11.6. The lowest BCUT2D eigenvalue weighted by atomic mass is 10.1. The first kappa shape index (κ1) is 21.1. The van der Waals surface area contributed by atoms with Crippen LogP contribution in [0.3, 0.4) is 0 Å². The van der Waals surface area contributed by atoms with Gasteiger partial charge in [0.15, 0.2) is 11.5 Å². The number of benzene rings is 2. The van der Waals surface area contributed by atoms with Crippen LogP contribution < -0.4 is 9.47 Å². The minimum Gasteiger partial charge on any atom is -0.463 e. The third kappa shape index (κ3) is 6.21. The highest BCUT2D eigenvalue weighted by molar-refractivity contribution is 5.69. The van der Waals surface area contributed by atoms with Gasteiger partial charge >= 0.3 is 5.97 Å². The van der Waals surface area contributed by atoms with Gasteiger partial charge in [0.25, 0.3) is 0 Å². The fourth-order valence-corrected chi connectivity index (χ4v) is 3.33. The minimum atomic E-state index is -0.756. The number of carbonyl (C=O) groups is 1. The molecule has 1 atom stereocenters. The Balaban J connectivity index is 1.67. The van der Waals surface area contributed by atoms with Gasteiger partial charge in [-0.2, -0.15) is 0 Å². The maximum Gasteiger partial charge on any atom is 0.305 e. The summed E-state index contributed by atoms with van der Waals surface area (Å²) in [6, 6.07) is 14.1. The Morgan fingerprint density at radius 1 is 1.17 bits per heavy atom. The molecule has 156 valence electrons. The normalized spacial score (nSPS) is 13.5. The Labute approximate surface area is 172 Å². The Hall–Kier alpha value is -2.57. The molecule has 0 aliphatic carbocycles. The predicted molar refractivity (Wildman–Crippen MR) is 110 cm³/mol. The Bertz CT molecular complexity index is 823. The van der Waals surface area contributed by atoms with E-state index in [9.17, 15) is 9.90 Å². The molecule has 0 fully saturated rings. The van der Waals surface area contributed by atoms with E-state index < -0.39 is 6.10 Å². The van der Waals surface area contributed by atoms with Crippen molar-refractivity contribution in [2.45, 2.75) is 45.9 Å². The Morgan fingerprint density at radius 2 is 1.97 bits per heavy atom. The SMILES string of the molecule is CCCC(=O)OC[C@@H](O)CN(Cc1ccc2c(c1)OCO2)Cc1ccccc1C. The number of aryl methyl sites for hydroxylation is 1. The zero-order chi connectivity index (χ0) is 20.6. The summed E-state index contributed by atoms with van der Waals surface area (Å²) < 4.78 is 16.0. The van der Waals surface area contributed by atoms with E-state index in [0.29, 0.717) is 26.1 Å². The van der Waals surface area contributed by atoms with Crippen molar-refractivity contribution in [3.63, 3.8) is 0 Å². The number of hydrogen-bond donors (Lipinski definition) is 1. The molecule has 0 radical (unpaired) electrons. The standard InChI is InChI=1S/C23H29NO5/c1-3-6-23(26)27-15-20(25)14-24(13-19-8-5-4-7-17(19)2)12-18-9-10-21-22(11-18)29-16-28-21/h4-5,7-11,20,25H,3,6,12-16H2,1-2H3/t20-/m0/s1. The van der Waals surface area contributed by atoms with E-state index >= 15 is 0 Å². The molecule has 6 heteroatoms. The van der Waals surface area contributed by atoms with Crippen molar-refractivity contribution in [1.29, 1.82) is 0 Å². The second-order valence-electron chi connectivity index (χ2n) is 7.37. The zero-order valence-corrected chi connectivity index (χ0v) is 17.1. The Morgan fingerprint density at radius 3 is 2.76 bits per heavy atom. The minimum absolute atomic E-state index is 0.00421. The number of fused-ring (bicyclic) bond motifs is 1. The van der Waals surface area contributed by atoms with Crippen LogP contribution in [-0.4, -0.2) is 42.0 Å². The molecule has 2 aromatic carbocycles. The second-order valence-corrected chi connectivity index (χ2v) is 7.37. The molecule has 0 unspecified atom stereocenters. The topological polar surface area (TPSA) is 68.2 Å². The summed E-state index contributed by atoms with van der Waals surface area (Å²) in [5, 5.41) is 10.5. The average molecular weight is 399 g/mol. The number of esters is 1. The quantitative estimate of drug-likeness (QED) is 0.618. The lowest BCUT2D eigenvalue weighted by Gasteiger charge is -2.26. The van der Waals surface area contributed by atoms with E-state index in [4.69, 9.17) is 14.2 Å². The van der Waals surface area contributed by atoms with E-state index in [0.717, 1.165) is 23.5 Å². The third-order valence-electron chi connectivity index (χ3n) is 4.86. The summed E-state index contributed by atoms with van der Waals surface area (Å²) in [6.07, 6.45) is 0.351. The van der Waals surface area contributed by atoms with Gasteiger partial charge in [-0.1, -0.05) is 37.3 Å². The van der Waals surface area contributed by atoms with Gasteiger partial charge in [0.05, 0.1) is 0 Å². The predicted octanol–water partition coefficient (Wildman–Crippen LogP) is 3.43. The highest BCUT2D eigenvalue weighted by Crippen LogP contribution is 2.33. The van der Waals surface area contributed by atoms with Crippen LogP contribution in [0.15, 0.2) is 42.5 Å². The average Bonchev–Trinajstić information content (AvgIpc) is 3.16. The lowest BCUT2D eigenvalue weighted by Crippen LogP contribution is -2.35. The molecule has 29 heavy (non-hydrogen) atoms. The number of aliphatic hydroxyl groups excluding tert-OH is 1. The van der Waals surface area contributed by atoms with Crippen LogP contribution in [0.4, 0.5) is 0 Å². The molecule has 0 bridgehead atoms. The fourth-order valence-electron chi connectivity index (χ4n) is 3.33. The molecule has 1 heterocycles. The van der Waals surface area contributed by atoms with Gasteiger partial charge in [-0.3, -0.25) is 9.69 Å². The molecule has 0 saturated carbocycles. The van der Waals surface area contributed by atoms with Crippen LogP contribution in [0, 0.1) is 6.92 Å². The lowest BCUT2D eigenvalue weighted by molar-refractivity contribution is -0.147. The summed E-state index contributed by atoms with van der Waals surface area (Å²) in [6.45, 7) is 5.95. The highest BCUT2D eigenvalue weighted by atomic mass is 16.7. The van der Waals surface area contributed by atoms with Crippen molar-refractivity contribution >= 4 is 5.97 Å². The second kappa shape index (κ2) is 10.3. The van der Waals surface area contributed by atoms with E-state index in [-0.39, 0.29) is 19.4 Å². The van der Waals surface area contributed by atoms with Crippen molar-refractivity contribution in [2.24, 2.45) is 0 Å². The van der Waals surface area contributed by atoms with Gasteiger partial charge in [-0.15, -0.1) is 0 Å². The summed E-state index contributed by atoms with van der Waals surface area (Å²) in [5.74, 6) is 1.22. The highest BCUT2D eigenvalue weighted by Gasteiger charge is 2.18. The summed E-state index contributed by atoms with van der Waals surface area (Å²) in [7, 11) is 0. The van der Waals surface area contributed by atoms with E-state index in [1.165, 1.54) is 11.1 Å². The van der Waals surface area contributed by atoms with Crippen LogP contribution >= 0.6 is 0 Å². The molecular weight excluding hydrogens is 370 g/mol. The molecule has 3 rings (SSSR count). The first-order valence-electron chi connectivity index (χ1n) is 10.0. The summed E-state index contributed by atoms with van der Waals surface area (Å²) >= 11 is 0. The number of carbonyl (C=O) groups excluding carboxylic acids is 1. The smallest absolute Gasteiger partial charge is 0.305 e. The van der Waals surface area contributed by atoms with Gasteiger partial charge in [-0.05, 0) is 42.2 Å². The van der Waals surface area contributed by atoms with Crippen LogP contribution in [0.2, 0.25) is 0 Å². The van der Waals surface area contributed by atoms with Crippen molar-refractivity contribution in [3.8, 4) is 11.5 Å². The summed E-state index contributed by atoms with van der Waals surface area (Å²) in [4.78, 5) is 13.7. The fraction of sp³-hybridized carbons (Fsp3) is 0.435. The number of aliphatic hydroxyl groups is 1. The molecule has 0 saturated heterocycles. The molecule has 1 aliphatic heterocycles. The van der Waals surface area contributed by atoms with Gasteiger partial charge in [0.2, 0.25) is 6.79 Å². The van der Waals surface area contributed by atoms with Gasteiger partial charge in [0.1, 0.15) is 12.7 Å². The van der Waals surface area contributed by atoms with E-state index in [1.54, 1.807) is 0 Å². The molecule has 1 N–H and O–H groups in total. The van der Waals surface area contributed by atoms with Crippen molar-refractivity contribution in [3.05, 3.63) is 59.2 Å². The molecular formula is C23H29NO5. The van der Waals surface area contributed by atoms with E-state index in [1.807, 2.05) is 37.3 Å². The third-order valence-corrected chi connectivity index (χ3v) is 4.86.